The number of morpholine rings is 1. The first-order valence-electron chi connectivity index (χ1n) is 6.29. The minimum Gasteiger partial charge on any atom is -0.481 e. The molecule has 4 nitrogen and oxygen atoms in total. The maximum atomic E-state index is 12.2. The molecule has 4 heteroatoms. The molecule has 0 aliphatic carbocycles. The second kappa shape index (κ2) is 5.87. The van der Waals surface area contributed by atoms with Gasteiger partial charge in [-0.15, -0.1) is 0 Å². The molecule has 1 aliphatic rings. The highest BCUT2D eigenvalue weighted by Crippen LogP contribution is 2.13. The molecule has 0 radical (unpaired) electrons. The Hall–Kier alpha value is -1.55. The van der Waals surface area contributed by atoms with Crippen LogP contribution < -0.4 is 4.74 Å². The molecule has 2 rings (SSSR count). The number of nitrogens with zero attached hydrogens (tertiary/aromatic N) is 1. The van der Waals surface area contributed by atoms with Crippen LogP contribution in [0.4, 0.5) is 0 Å². The Morgan fingerprint density at radius 2 is 2.17 bits per heavy atom. The van der Waals surface area contributed by atoms with E-state index in [2.05, 4.69) is 0 Å². The fourth-order valence-corrected chi connectivity index (χ4v) is 2.03. The van der Waals surface area contributed by atoms with Crippen molar-refractivity contribution in [3.63, 3.8) is 0 Å². The largest absolute Gasteiger partial charge is 0.481 e. The Labute approximate surface area is 107 Å². The number of carbonyl (C=O) groups excluding carboxylic acids is 1. The van der Waals surface area contributed by atoms with Gasteiger partial charge >= 0.3 is 0 Å². The zero-order valence-corrected chi connectivity index (χ0v) is 10.8. The summed E-state index contributed by atoms with van der Waals surface area (Å²) in [6.07, 6.45) is -0.357. The van der Waals surface area contributed by atoms with E-state index < -0.39 is 6.10 Å². The van der Waals surface area contributed by atoms with E-state index >= 15 is 0 Å². The number of amides is 1. The van der Waals surface area contributed by atoms with Gasteiger partial charge in [-0.1, -0.05) is 18.2 Å². The molecule has 98 valence electrons. The zero-order chi connectivity index (χ0) is 13.0. The third kappa shape index (κ3) is 3.23. The van der Waals surface area contributed by atoms with Crippen LogP contribution in [0.15, 0.2) is 30.3 Å². The molecule has 0 spiro atoms. The van der Waals surface area contributed by atoms with Crippen LogP contribution in [0.3, 0.4) is 0 Å². The lowest BCUT2D eigenvalue weighted by molar-refractivity contribution is -0.144. The van der Waals surface area contributed by atoms with Gasteiger partial charge in [-0.3, -0.25) is 4.79 Å². The van der Waals surface area contributed by atoms with Crippen molar-refractivity contribution in [2.45, 2.75) is 26.1 Å². The fourth-order valence-electron chi connectivity index (χ4n) is 2.03. The molecule has 18 heavy (non-hydrogen) atoms. The van der Waals surface area contributed by atoms with Crippen molar-refractivity contribution in [3.8, 4) is 5.75 Å². The zero-order valence-electron chi connectivity index (χ0n) is 10.8. The van der Waals surface area contributed by atoms with Crippen molar-refractivity contribution in [1.82, 2.24) is 4.90 Å². The normalized spacial score (nSPS) is 21.4. The quantitative estimate of drug-likeness (QED) is 0.818. The Morgan fingerprint density at radius 1 is 1.44 bits per heavy atom. The Balaban J connectivity index is 1.92. The van der Waals surface area contributed by atoms with Crippen LogP contribution >= 0.6 is 0 Å². The maximum Gasteiger partial charge on any atom is 0.263 e. The first-order valence-corrected chi connectivity index (χ1v) is 6.29. The number of benzene rings is 1. The summed E-state index contributed by atoms with van der Waals surface area (Å²) in [5.74, 6) is 0.744. The van der Waals surface area contributed by atoms with Crippen LogP contribution in [-0.2, 0) is 9.53 Å². The summed E-state index contributed by atoms with van der Waals surface area (Å²) in [5.41, 5.74) is 0. The van der Waals surface area contributed by atoms with Gasteiger partial charge in [-0.25, -0.2) is 0 Å². The maximum absolute atomic E-state index is 12.2. The summed E-state index contributed by atoms with van der Waals surface area (Å²) in [6, 6.07) is 9.41. The van der Waals surface area contributed by atoms with Gasteiger partial charge in [0.1, 0.15) is 5.75 Å². The average Bonchev–Trinajstić information content (AvgIpc) is 2.39. The summed E-state index contributed by atoms with van der Waals surface area (Å²) in [7, 11) is 0. The van der Waals surface area contributed by atoms with Crippen molar-refractivity contribution < 1.29 is 14.3 Å². The molecule has 0 N–H and O–H groups in total. The van der Waals surface area contributed by atoms with Crippen LogP contribution in [0, 0.1) is 0 Å². The number of hydrogen-bond donors (Lipinski definition) is 0. The SMILES string of the molecule is CC1CN(C(=O)C(C)Oc2ccccc2)CCO1. The van der Waals surface area contributed by atoms with Gasteiger partial charge in [-0.05, 0) is 26.0 Å². The molecular weight excluding hydrogens is 230 g/mol. The topological polar surface area (TPSA) is 38.8 Å². The molecule has 1 heterocycles. The predicted molar refractivity (Wildman–Crippen MR) is 68.5 cm³/mol. The lowest BCUT2D eigenvalue weighted by atomic mass is 10.2. The first kappa shape index (κ1) is 12.9. The molecule has 2 unspecified atom stereocenters. The number of para-hydroxylation sites is 1. The van der Waals surface area contributed by atoms with Crippen molar-refractivity contribution in [2.75, 3.05) is 19.7 Å². The Morgan fingerprint density at radius 3 is 2.83 bits per heavy atom. The fraction of sp³-hybridized carbons (Fsp3) is 0.500. The molecule has 0 saturated carbocycles. The monoisotopic (exact) mass is 249 g/mol. The molecular formula is C14H19NO3. The Kier molecular flexibility index (Phi) is 4.20. The third-order valence-electron chi connectivity index (χ3n) is 2.96. The van der Waals surface area contributed by atoms with E-state index in [0.29, 0.717) is 19.7 Å². The first-order chi connectivity index (χ1) is 8.66. The average molecular weight is 249 g/mol. The molecule has 2 atom stereocenters. The van der Waals surface area contributed by atoms with E-state index in [1.165, 1.54) is 0 Å². The van der Waals surface area contributed by atoms with Gasteiger partial charge in [0.05, 0.1) is 12.7 Å². The van der Waals surface area contributed by atoms with Crippen LogP contribution in [0.25, 0.3) is 0 Å². The van der Waals surface area contributed by atoms with E-state index in [1.54, 1.807) is 6.92 Å². The predicted octanol–water partition coefficient (Wildman–Crippen LogP) is 1.70. The molecule has 1 saturated heterocycles. The third-order valence-corrected chi connectivity index (χ3v) is 2.96. The summed E-state index contributed by atoms with van der Waals surface area (Å²) in [5, 5.41) is 0. The van der Waals surface area contributed by atoms with E-state index in [9.17, 15) is 4.79 Å². The second-order valence-electron chi connectivity index (χ2n) is 4.54. The van der Waals surface area contributed by atoms with E-state index in [4.69, 9.17) is 9.47 Å². The van der Waals surface area contributed by atoms with E-state index in [1.807, 2.05) is 42.2 Å². The minimum absolute atomic E-state index is 0.0222. The number of rotatable bonds is 3. The number of hydrogen-bond acceptors (Lipinski definition) is 3. The van der Waals surface area contributed by atoms with Crippen LogP contribution in [0.2, 0.25) is 0 Å². The molecule has 1 aromatic carbocycles. The van der Waals surface area contributed by atoms with Gasteiger partial charge in [-0.2, -0.15) is 0 Å². The highest BCUT2D eigenvalue weighted by atomic mass is 16.5. The number of carbonyl (C=O) groups is 1. The van der Waals surface area contributed by atoms with Gasteiger partial charge in [0.15, 0.2) is 6.10 Å². The molecule has 1 fully saturated rings. The highest BCUT2D eigenvalue weighted by Gasteiger charge is 2.26. The summed E-state index contributed by atoms with van der Waals surface area (Å²) in [4.78, 5) is 14.0. The van der Waals surface area contributed by atoms with Gasteiger partial charge < -0.3 is 14.4 Å². The van der Waals surface area contributed by atoms with Crippen molar-refractivity contribution in [1.29, 1.82) is 0 Å². The summed E-state index contributed by atoms with van der Waals surface area (Å²) < 4.78 is 11.1. The smallest absolute Gasteiger partial charge is 0.263 e. The second-order valence-corrected chi connectivity index (χ2v) is 4.54. The van der Waals surface area contributed by atoms with Crippen molar-refractivity contribution >= 4 is 5.91 Å². The van der Waals surface area contributed by atoms with Gasteiger partial charge in [0, 0.05) is 13.1 Å². The van der Waals surface area contributed by atoms with Crippen LogP contribution in [0.1, 0.15) is 13.8 Å². The van der Waals surface area contributed by atoms with Crippen LogP contribution in [-0.4, -0.2) is 42.7 Å². The van der Waals surface area contributed by atoms with Gasteiger partial charge in [0.2, 0.25) is 0 Å². The Bertz CT molecular complexity index is 393. The highest BCUT2D eigenvalue weighted by molar-refractivity contribution is 5.81. The summed E-state index contributed by atoms with van der Waals surface area (Å²) in [6.45, 7) is 5.65. The number of ether oxygens (including phenoxy) is 2. The lowest BCUT2D eigenvalue weighted by Crippen LogP contribution is -2.49. The van der Waals surface area contributed by atoms with Crippen molar-refractivity contribution in [2.24, 2.45) is 0 Å². The standard InChI is InChI=1S/C14H19NO3/c1-11-10-15(8-9-17-11)14(16)12(2)18-13-6-4-3-5-7-13/h3-7,11-12H,8-10H2,1-2H3. The molecule has 0 bridgehead atoms. The molecule has 1 aromatic rings. The van der Waals surface area contributed by atoms with Crippen LogP contribution in [0.5, 0.6) is 5.75 Å². The molecule has 1 amide bonds. The van der Waals surface area contributed by atoms with Gasteiger partial charge in [0.25, 0.3) is 5.91 Å². The van der Waals surface area contributed by atoms with E-state index in [0.717, 1.165) is 5.75 Å². The molecule has 0 aromatic heterocycles. The lowest BCUT2D eigenvalue weighted by Gasteiger charge is -2.32. The minimum atomic E-state index is -0.460. The van der Waals surface area contributed by atoms with E-state index in [-0.39, 0.29) is 12.0 Å². The summed E-state index contributed by atoms with van der Waals surface area (Å²) >= 11 is 0. The van der Waals surface area contributed by atoms with Crippen molar-refractivity contribution in [3.05, 3.63) is 30.3 Å². The molecule has 1 aliphatic heterocycles.